The Hall–Kier alpha value is -1.99. The van der Waals surface area contributed by atoms with Crippen LogP contribution < -0.4 is 10.5 Å². The molecular weight excluding hydrogens is 281 g/mol. The molecule has 0 aliphatic heterocycles. The van der Waals surface area contributed by atoms with Gasteiger partial charge in [0.15, 0.2) is 0 Å². The number of nitrogens with zero attached hydrogens (tertiary/aromatic N) is 1. The monoisotopic (exact) mass is 295 g/mol. The van der Waals surface area contributed by atoms with Crippen molar-refractivity contribution in [3.05, 3.63) is 53.6 Å². The van der Waals surface area contributed by atoms with E-state index in [1.54, 1.807) is 12.1 Å². The van der Waals surface area contributed by atoms with Crippen LogP contribution in [-0.2, 0) is 16.6 Å². The van der Waals surface area contributed by atoms with Gasteiger partial charge in [0.1, 0.15) is 10.7 Å². The maximum absolute atomic E-state index is 13.1. The van der Waals surface area contributed by atoms with E-state index in [4.69, 9.17) is 5.73 Å². The predicted molar refractivity (Wildman–Crippen MR) is 73.8 cm³/mol. The molecule has 2 aromatic rings. The van der Waals surface area contributed by atoms with Crippen LogP contribution in [0.3, 0.4) is 0 Å². The van der Waals surface area contributed by atoms with Gasteiger partial charge in [0, 0.05) is 5.69 Å². The molecule has 0 atom stereocenters. The zero-order valence-electron chi connectivity index (χ0n) is 10.8. The smallest absolute Gasteiger partial charge is 0.243 e. The van der Waals surface area contributed by atoms with E-state index in [0.29, 0.717) is 5.69 Å². The molecule has 0 fully saturated rings. The Morgan fingerprint density at radius 3 is 2.75 bits per heavy atom. The van der Waals surface area contributed by atoms with Gasteiger partial charge in [-0.2, -0.15) is 0 Å². The van der Waals surface area contributed by atoms with Crippen LogP contribution in [0.2, 0.25) is 0 Å². The molecule has 0 bridgehead atoms. The number of nitrogen functional groups attached to an aromatic ring is 1. The maximum Gasteiger partial charge on any atom is 0.243 e. The number of aryl methyl sites for hydroxylation is 1. The van der Waals surface area contributed by atoms with Crippen LogP contribution >= 0.6 is 0 Å². The first-order chi connectivity index (χ1) is 9.38. The van der Waals surface area contributed by atoms with E-state index < -0.39 is 15.8 Å². The molecule has 0 radical (unpaired) electrons. The van der Waals surface area contributed by atoms with E-state index in [1.165, 1.54) is 6.07 Å². The lowest BCUT2D eigenvalue weighted by Crippen LogP contribution is -2.24. The fourth-order valence-corrected chi connectivity index (χ4v) is 2.83. The van der Waals surface area contributed by atoms with Crippen molar-refractivity contribution in [2.24, 2.45) is 0 Å². The second-order valence-corrected chi connectivity index (χ2v) is 6.01. The summed E-state index contributed by atoms with van der Waals surface area (Å²) in [4.78, 5) is 3.90. The molecule has 0 aliphatic carbocycles. The summed E-state index contributed by atoms with van der Waals surface area (Å²) in [6.07, 6.45) is 0. The molecule has 20 heavy (non-hydrogen) atoms. The Labute approximate surface area is 116 Å². The van der Waals surface area contributed by atoms with Crippen molar-refractivity contribution < 1.29 is 12.8 Å². The summed E-state index contributed by atoms with van der Waals surface area (Å²) in [6, 6.07) is 8.50. The third-order valence-electron chi connectivity index (χ3n) is 2.65. The van der Waals surface area contributed by atoms with Crippen LogP contribution in [0.4, 0.5) is 10.1 Å². The molecule has 7 heteroatoms. The Bertz CT molecular complexity index is 732. The van der Waals surface area contributed by atoms with Crippen molar-refractivity contribution in [1.29, 1.82) is 0 Å². The van der Waals surface area contributed by atoms with E-state index in [1.807, 2.05) is 13.0 Å². The van der Waals surface area contributed by atoms with Crippen LogP contribution in [-0.4, -0.2) is 13.4 Å². The molecule has 1 aromatic heterocycles. The van der Waals surface area contributed by atoms with E-state index in [-0.39, 0.29) is 17.1 Å². The van der Waals surface area contributed by atoms with Crippen molar-refractivity contribution in [3.8, 4) is 0 Å². The van der Waals surface area contributed by atoms with Crippen LogP contribution in [0.15, 0.2) is 41.3 Å². The van der Waals surface area contributed by atoms with Crippen LogP contribution in [0, 0.1) is 12.7 Å². The number of pyridine rings is 1. The lowest BCUT2D eigenvalue weighted by molar-refractivity contribution is 0.577. The third-order valence-corrected chi connectivity index (χ3v) is 4.11. The number of anilines is 1. The molecule has 0 unspecified atom stereocenters. The predicted octanol–water partition coefficient (Wildman–Crippen LogP) is 1.59. The number of aromatic nitrogens is 1. The Morgan fingerprint density at radius 1 is 1.30 bits per heavy atom. The highest BCUT2D eigenvalue weighted by Crippen LogP contribution is 2.19. The average molecular weight is 295 g/mol. The highest BCUT2D eigenvalue weighted by molar-refractivity contribution is 7.89. The minimum Gasteiger partial charge on any atom is -0.398 e. The summed E-state index contributed by atoms with van der Waals surface area (Å²) in [5, 5.41) is 0. The van der Waals surface area contributed by atoms with Gasteiger partial charge in [0.05, 0.1) is 17.9 Å². The minimum atomic E-state index is -3.88. The first-order valence-electron chi connectivity index (χ1n) is 5.86. The molecule has 0 saturated carbocycles. The van der Waals surface area contributed by atoms with Crippen molar-refractivity contribution in [1.82, 2.24) is 9.71 Å². The Kier molecular flexibility index (Phi) is 4.01. The molecule has 0 spiro atoms. The zero-order valence-corrected chi connectivity index (χ0v) is 11.6. The van der Waals surface area contributed by atoms with Gasteiger partial charge < -0.3 is 5.73 Å². The first-order valence-corrected chi connectivity index (χ1v) is 7.34. The Morgan fingerprint density at radius 2 is 2.05 bits per heavy atom. The topological polar surface area (TPSA) is 85.1 Å². The summed E-state index contributed by atoms with van der Waals surface area (Å²) in [6.45, 7) is 1.82. The second kappa shape index (κ2) is 5.56. The lowest BCUT2D eigenvalue weighted by Gasteiger charge is -2.09. The number of hydrogen-bond donors (Lipinski definition) is 2. The van der Waals surface area contributed by atoms with Crippen LogP contribution in [0.25, 0.3) is 0 Å². The van der Waals surface area contributed by atoms with Gasteiger partial charge in [-0.05, 0) is 37.3 Å². The number of halogens is 1. The molecule has 1 aromatic carbocycles. The number of benzene rings is 1. The fraction of sp³-hybridized carbons (Fsp3) is 0.154. The summed E-state index contributed by atoms with van der Waals surface area (Å²) < 4.78 is 39.6. The van der Waals surface area contributed by atoms with Gasteiger partial charge >= 0.3 is 0 Å². The summed E-state index contributed by atoms with van der Waals surface area (Å²) in [5.41, 5.74) is 6.92. The molecule has 0 amide bonds. The molecule has 0 saturated heterocycles. The van der Waals surface area contributed by atoms with E-state index in [9.17, 15) is 12.8 Å². The van der Waals surface area contributed by atoms with Gasteiger partial charge in [-0.1, -0.05) is 6.07 Å². The Balaban J connectivity index is 2.21. The quantitative estimate of drug-likeness (QED) is 0.839. The molecule has 1 heterocycles. The molecule has 3 N–H and O–H groups in total. The number of sulfonamides is 1. The van der Waals surface area contributed by atoms with E-state index in [0.717, 1.165) is 17.8 Å². The summed E-state index contributed by atoms with van der Waals surface area (Å²) in [5.74, 6) is -0.659. The number of nitrogens with one attached hydrogen (secondary N) is 1. The van der Waals surface area contributed by atoms with Gasteiger partial charge in [-0.25, -0.2) is 17.5 Å². The standard InChI is InChI=1S/C13H14FN3O2S/c1-9-3-2-4-11(17-9)8-16-20(18,19)13-7-10(14)5-6-12(13)15/h2-7,16H,8,15H2,1H3. The zero-order chi connectivity index (χ0) is 14.8. The number of hydrogen-bond acceptors (Lipinski definition) is 4. The highest BCUT2D eigenvalue weighted by atomic mass is 32.2. The molecule has 0 aliphatic rings. The molecule has 106 valence electrons. The first kappa shape index (κ1) is 14.4. The van der Waals surface area contributed by atoms with E-state index >= 15 is 0 Å². The third kappa shape index (κ3) is 3.31. The second-order valence-electron chi connectivity index (χ2n) is 4.28. The fourth-order valence-electron chi connectivity index (χ4n) is 1.69. The average Bonchev–Trinajstić information content (AvgIpc) is 2.39. The largest absolute Gasteiger partial charge is 0.398 e. The van der Waals surface area contributed by atoms with Crippen LogP contribution in [0.5, 0.6) is 0 Å². The van der Waals surface area contributed by atoms with E-state index in [2.05, 4.69) is 9.71 Å². The normalized spacial score (nSPS) is 11.5. The number of rotatable bonds is 4. The molecule has 5 nitrogen and oxygen atoms in total. The van der Waals surface area contributed by atoms with Crippen molar-refractivity contribution >= 4 is 15.7 Å². The lowest BCUT2D eigenvalue weighted by atomic mass is 10.3. The summed E-state index contributed by atoms with van der Waals surface area (Å²) >= 11 is 0. The van der Waals surface area contributed by atoms with Gasteiger partial charge in [0.2, 0.25) is 10.0 Å². The van der Waals surface area contributed by atoms with Crippen molar-refractivity contribution in [2.75, 3.05) is 5.73 Å². The molecular formula is C13H14FN3O2S. The van der Waals surface area contributed by atoms with Crippen LogP contribution in [0.1, 0.15) is 11.4 Å². The van der Waals surface area contributed by atoms with Gasteiger partial charge in [-0.3, -0.25) is 4.98 Å². The SMILES string of the molecule is Cc1cccc(CNS(=O)(=O)c2cc(F)ccc2N)n1. The van der Waals surface area contributed by atoms with Crippen molar-refractivity contribution in [2.45, 2.75) is 18.4 Å². The summed E-state index contributed by atoms with van der Waals surface area (Å²) in [7, 11) is -3.88. The molecule has 2 rings (SSSR count). The maximum atomic E-state index is 13.1. The minimum absolute atomic E-state index is 0.00361. The van der Waals surface area contributed by atoms with Gasteiger partial charge in [-0.15, -0.1) is 0 Å². The highest BCUT2D eigenvalue weighted by Gasteiger charge is 2.18. The van der Waals surface area contributed by atoms with Crippen molar-refractivity contribution in [3.63, 3.8) is 0 Å². The van der Waals surface area contributed by atoms with Gasteiger partial charge in [0.25, 0.3) is 0 Å². The number of nitrogens with two attached hydrogens (primary N) is 1.